The van der Waals surface area contributed by atoms with Gasteiger partial charge in [0, 0.05) is 18.2 Å². The van der Waals surface area contributed by atoms with Crippen LogP contribution in [0.4, 0.5) is 0 Å². The van der Waals surface area contributed by atoms with E-state index in [0.29, 0.717) is 12.2 Å². The highest BCUT2D eigenvalue weighted by Crippen LogP contribution is 2.48. The van der Waals surface area contributed by atoms with E-state index in [1.807, 2.05) is 121 Å². The van der Waals surface area contributed by atoms with Crippen LogP contribution < -0.4 is 23.8 Å². The summed E-state index contributed by atoms with van der Waals surface area (Å²) in [5.41, 5.74) is 3.79. The van der Waals surface area contributed by atoms with Crippen molar-refractivity contribution in [2.24, 2.45) is 0 Å². The van der Waals surface area contributed by atoms with Gasteiger partial charge in [-0.2, -0.15) is 8.42 Å². The molecule has 7 aromatic rings. The van der Waals surface area contributed by atoms with E-state index in [9.17, 15) is 13.2 Å². The summed E-state index contributed by atoms with van der Waals surface area (Å²) in [5.74, 6) is 0.212. The molecule has 0 radical (unpaired) electrons. The molecule has 338 valence electrons. The average molecular weight is 903 g/mol. The van der Waals surface area contributed by atoms with Crippen LogP contribution in [0.25, 0.3) is 21.9 Å². The highest BCUT2D eigenvalue weighted by atomic mass is 32.2. The third-order valence-electron chi connectivity index (χ3n) is 11.0. The van der Waals surface area contributed by atoms with Crippen molar-refractivity contribution < 1.29 is 54.9 Å². The monoisotopic (exact) mass is 902 g/mol. The van der Waals surface area contributed by atoms with Gasteiger partial charge in [0.15, 0.2) is 11.5 Å². The summed E-state index contributed by atoms with van der Waals surface area (Å²) in [5, 5.41) is 0.0520. The Kier molecular flexibility index (Phi) is 14.4. The third kappa shape index (κ3) is 10.7. The first-order chi connectivity index (χ1) is 31.6. The predicted octanol–water partition coefficient (Wildman–Crippen LogP) is 8.72. The Balaban J connectivity index is 1.30. The minimum absolute atomic E-state index is 0.0124. The van der Waals surface area contributed by atoms with E-state index in [2.05, 4.69) is 0 Å². The lowest BCUT2D eigenvalue weighted by Crippen LogP contribution is -2.58. The first-order valence-corrected chi connectivity index (χ1v) is 22.8. The van der Waals surface area contributed by atoms with Gasteiger partial charge in [-0.05, 0) is 22.3 Å². The van der Waals surface area contributed by atoms with Crippen molar-refractivity contribution in [3.63, 3.8) is 0 Å². The first kappa shape index (κ1) is 45.3. The van der Waals surface area contributed by atoms with Gasteiger partial charge in [-0.15, -0.1) is 0 Å². The Labute approximate surface area is 377 Å². The van der Waals surface area contributed by atoms with Crippen molar-refractivity contribution in [3.8, 4) is 23.0 Å². The van der Waals surface area contributed by atoms with Crippen LogP contribution >= 0.6 is 0 Å². The standard InChI is InChI=1S/C51H50O13S/c1-55-39-26-38-37(25-40(39)64-65(4,53)54)46(52)44-42(62-38)27-41(56-2)45(48(44)57-3)49-51(61-31-36-23-15-8-16-24-36)50(60-30-35-21-13-7-14-22-35)47(59-29-34-19-11-6-12-20-34)43(63-49)32-58-28-33-17-9-5-10-18-33/h5-27,43,47,49-51H,28-32H2,1-4H3/t43-,47-,49+,50+,51+/m1/s1. The smallest absolute Gasteiger partial charge is 0.306 e. The topological polar surface area (TPSA) is 147 Å². The summed E-state index contributed by atoms with van der Waals surface area (Å²) in [7, 11) is 0.279. The molecule has 0 aliphatic carbocycles. The largest absolute Gasteiger partial charge is 0.496 e. The summed E-state index contributed by atoms with van der Waals surface area (Å²) in [6, 6.07) is 43.5. The van der Waals surface area contributed by atoms with Gasteiger partial charge in [0.05, 0.1) is 71.6 Å². The lowest BCUT2D eigenvalue weighted by Gasteiger charge is -2.46. The average Bonchev–Trinajstić information content (AvgIpc) is 3.32. The summed E-state index contributed by atoms with van der Waals surface area (Å²) < 4.78 is 88.3. The van der Waals surface area contributed by atoms with Crippen molar-refractivity contribution in [1.29, 1.82) is 0 Å². The number of hydrogen-bond donors (Lipinski definition) is 0. The molecule has 14 heteroatoms. The molecular formula is C51H50O13S. The second-order valence-corrected chi connectivity index (χ2v) is 17.1. The maximum atomic E-state index is 14.8. The van der Waals surface area contributed by atoms with E-state index < -0.39 is 46.1 Å². The lowest BCUT2D eigenvalue weighted by atomic mass is 9.88. The van der Waals surface area contributed by atoms with Crippen molar-refractivity contribution in [3.05, 3.63) is 178 Å². The number of methoxy groups -OCH3 is 3. The van der Waals surface area contributed by atoms with E-state index in [1.165, 1.54) is 33.5 Å². The molecule has 0 N–H and O–H groups in total. The highest BCUT2D eigenvalue weighted by molar-refractivity contribution is 7.86. The van der Waals surface area contributed by atoms with Gasteiger partial charge in [-0.1, -0.05) is 121 Å². The third-order valence-corrected chi connectivity index (χ3v) is 11.5. The van der Waals surface area contributed by atoms with E-state index in [4.69, 9.17) is 46.5 Å². The molecule has 1 aliphatic rings. The molecule has 1 fully saturated rings. The zero-order chi connectivity index (χ0) is 45.3. The van der Waals surface area contributed by atoms with Crippen LogP contribution in [0.5, 0.6) is 23.0 Å². The van der Waals surface area contributed by atoms with Crippen LogP contribution in [-0.4, -0.2) is 67.0 Å². The summed E-state index contributed by atoms with van der Waals surface area (Å²) in [6.45, 7) is 0.976. The van der Waals surface area contributed by atoms with E-state index in [0.717, 1.165) is 28.5 Å². The fourth-order valence-electron chi connectivity index (χ4n) is 8.04. The second kappa shape index (κ2) is 20.7. The predicted molar refractivity (Wildman–Crippen MR) is 244 cm³/mol. The maximum Gasteiger partial charge on any atom is 0.306 e. The van der Waals surface area contributed by atoms with Gasteiger partial charge < -0.3 is 46.5 Å². The first-order valence-electron chi connectivity index (χ1n) is 21.0. The Bertz CT molecular complexity index is 2840. The number of hydrogen-bond acceptors (Lipinski definition) is 13. The Hall–Kier alpha value is -6.26. The highest BCUT2D eigenvalue weighted by Gasteiger charge is 2.51. The summed E-state index contributed by atoms with van der Waals surface area (Å²) in [6.07, 6.45) is -3.39. The number of benzene rings is 6. The number of fused-ring (bicyclic) bond motifs is 2. The molecule has 1 aromatic heterocycles. The second-order valence-electron chi connectivity index (χ2n) is 15.5. The van der Waals surface area contributed by atoms with Gasteiger partial charge in [0.2, 0.25) is 5.43 Å². The van der Waals surface area contributed by atoms with Crippen LogP contribution in [0.15, 0.2) is 149 Å². The molecule has 0 unspecified atom stereocenters. The van der Waals surface area contributed by atoms with Crippen molar-refractivity contribution >= 4 is 32.1 Å². The molecule has 13 nitrogen and oxygen atoms in total. The normalized spacial score (nSPS) is 18.7. The van der Waals surface area contributed by atoms with Crippen LogP contribution in [0.3, 0.4) is 0 Å². The minimum Gasteiger partial charge on any atom is -0.496 e. The quantitative estimate of drug-likeness (QED) is 0.0564. The lowest BCUT2D eigenvalue weighted by molar-refractivity contribution is -0.275. The molecule has 6 aromatic carbocycles. The van der Waals surface area contributed by atoms with Crippen LogP contribution in [0.1, 0.15) is 33.9 Å². The van der Waals surface area contributed by atoms with Crippen molar-refractivity contribution in [1.82, 2.24) is 0 Å². The molecule has 0 spiro atoms. The number of rotatable bonds is 19. The molecule has 0 amide bonds. The van der Waals surface area contributed by atoms with Gasteiger partial charge in [-0.25, -0.2) is 0 Å². The van der Waals surface area contributed by atoms with E-state index >= 15 is 0 Å². The fourth-order valence-corrected chi connectivity index (χ4v) is 8.50. The molecule has 1 aliphatic heterocycles. The molecule has 0 saturated carbocycles. The summed E-state index contributed by atoms with van der Waals surface area (Å²) in [4.78, 5) is 14.8. The van der Waals surface area contributed by atoms with E-state index in [-0.39, 0.29) is 71.4 Å². The molecule has 5 atom stereocenters. The van der Waals surface area contributed by atoms with Crippen molar-refractivity contribution in [2.75, 3.05) is 34.2 Å². The molecule has 1 saturated heterocycles. The molecule has 8 rings (SSSR count). The van der Waals surface area contributed by atoms with Crippen LogP contribution in [-0.2, 0) is 60.2 Å². The van der Waals surface area contributed by atoms with Crippen molar-refractivity contribution in [2.45, 2.75) is 56.9 Å². The SMILES string of the molecule is COc1cc2oc3cc(OC)c([C@@H]4O[C@H](COCc5ccccc5)[C@@H](OCc5ccccc5)[C@H](OCc5ccccc5)[C@H]4OCc4ccccc4)c(OC)c3c(=O)c2cc1OS(C)(=O)=O. The van der Waals surface area contributed by atoms with Gasteiger partial charge >= 0.3 is 10.1 Å². The molecule has 65 heavy (non-hydrogen) atoms. The van der Waals surface area contributed by atoms with Crippen LogP contribution in [0, 0.1) is 0 Å². The Morgan fingerprint density at radius 1 is 0.554 bits per heavy atom. The Morgan fingerprint density at radius 3 is 1.55 bits per heavy atom. The maximum absolute atomic E-state index is 14.8. The van der Waals surface area contributed by atoms with Gasteiger partial charge in [-0.3, -0.25) is 4.79 Å². The minimum atomic E-state index is -4.01. The van der Waals surface area contributed by atoms with E-state index in [1.54, 1.807) is 6.07 Å². The van der Waals surface area contributed by atoms with Crippen LogP contribution in [0.2, 0.25) is 0 Å². The zero-order valence-corrected chi connectivity index (χ0v) is 37.2. The van der Waals surface area contributed by atoms with Gasteiger partial charge in [0.1, 0.15) is 58.6 Å². The molecule has 0 bridgehead atoms. The molecular weight excluding hydrogens is 853 g/mol. The van der Waals surface area contributed by atoms with Gasteiger partial charge in [0.25, 0.3) is 0 Å². The molecule has 2 heterocycles. The summed E-state index contributed by atoms with van der Waals surface area (Å²) >= 11 is 0. The fraction of sp³-hybridized carbons (Fsp3) is 0.275. The Morgan fingerprint density at radius 2 is 1.05 bits per heavy atom. The zero-order valence-electron chi connectivity index (χ0n) is 36.4. The number of ether oxygens (including phenoxy) is 8.